The smallest absolute Gasteiger partial charge is 0.0824 e. The fraction of sp³-hybridized carbons (Fsp3) is 0.526. The minimum Gasteiger partial charge on any atom is -0.388 e. The second-order valence-electron chi connectivity index (χ2n) is 6.78. The van der Waals surface area contributed by atoms with E-state index in [0.29, 0.717) is 5.92 Å². The van der Waals surface area contributed by atoms with Crippen molar-refractivity contribution in [1.82, 2.24) is 4.98 Å². The maximum atomic E-state index is 10.8. The number of benzene rings is 1. The molecular formula is C19H25NO. The number of hydrogen-bond acceptors (Lipinski definition) is 2. The van der Waals surface area contributed by atoms with Crippen LogP contribution in [0.1, 0.15) is 51.2 Å². The zero-order chi connectivity index (χ0) is 14.8. The largest absolute Gasteiger partial charge is 0.388 e. The third-order valence-corrected chi connectivity index (χ3v) is 5.20. The summed E-state index contributed by atoms with van der Waals surface area (Å²) >= 11 is 0. The molecule has 3 rings (SSSR count). The SMILES string of the molecule is CC(C)C1CCC(C(O)c2cccc3ncccc23)CC1. The van der Waals surface area contributed by atoms with Crippen LogP contribution in [-0.4, -0.2) is 10.1 Å². The number of rotatable bonds is 3. The Hall–Kier alpha value is -1.41. The van der Waals surface area contributed by atoms with Gasteiger partial charge in [0.05, 0.1) is 11.6 Å². The molecule has 1 N–H and O–H groups in total. The van der Waals surface area contributed by atoms with E-state index in [-0.39, 0.29) is 6.10 Å². The van der Waals surface area contributed by atoms with Crippen LogP contribution in [0, 0.1) is 17.8 Å². The second kappa shape index (κ2) is 6.15. The first-order chi connectivity index (χ1) is 10.2. The Morgan fingerprint density at radius 1 is 1.00 bits per heavy atom. The van der Waals surface area contributed by atoms with E-state index in [1.165, 1.54) is 12.8 Å². The third-order valence-electron chi connectivity index (χ3n) is 5.20. The van der Waals surface area contributed by atoms with Gasteiger partial charge in [-0.05, 0) is 61.1 Å². The molecule has 1 aliphatic carbocycles. The number of aliphatic hydroxyl groups excluding tert-OH is 1. The van der Waals surface area contributed by atoms with Crippen LogP contribution in [0.25, 0.3) is 10.9 Å². The predicted octanol–water partition coefficient (Wildman–Crippen LogP) is 4.73. The highest BCUT2D eigenvalue weighted by atomic mass is 16.3. The first-order valence-electron chi connectivity index (χ1n) is 8.18. The maximum absolute atomic E-state index is 10.8. The topological polar surface area (TPSA) is 33.1 Å². The molecule has 2 nitrogen and oxygen atoms in total. The Morgan fingerprint density at radius 3 is 2.43 bits per heavy atom. The standard InChI is InChI=1S/C19H25NO/c1-13(2)14-8-10-15(11-9-14)19(21)17-5-3-7-18-16(17)6-4-12-20-18/h3-7,12-15,19,21H,8-11H2,1-2H3. The van der Waals surface area contributed by atoms with Gasteiger partial charge >= 0.3 is 0 Å². The average Bonchev–Trinajstić information content (AvgIpc) is 2.53. The average molecular weight is 283 g/mol. The third kappa shape index (κ3) is 2.96. The minimum atomic E-state index is -0.356. The summed E-state index contributed by atoms with van der Waals surface area (Å²) in [5.74, 6) is 2.00. The van der Waals surface area contributed by atoms with E-state index in [9.17, 15) is 5.11 Å². The van der Waals surface area contributed by atoms with Gasteiger partial charge in [-0.1, -0.05) is 32.0 Å². The number of hydrogen-bond donors (Lipinski definition) is 1. The van der Waals surface area contributed by atoms with Crippen LogP contribution in [0.15, 0.2) is 36.5 Å². The quantitative estimate of drug-likeness (QED) is 0.883. The van der Waals surface area contributed by atoms with Crippen LogP contribution in [0.4, 0.5) is 0 Å². The van der Waals surface area contributed by atoms with Crippen molar-refractivity contribution in [3.05, 3.63) is 42.1 Å². The molecule has 21 heavy (non-hydrogen) atoms. The van der Waals surface area contributed by atoms with Gasteiger partial charge in [0.1, 0.15) is 0 Å². The number of nitrogens with zero attached hydrogens (tertiary/aromatic N) is 1. The molecule has 112 valence electrons. The maximum Gasteiger partial charge on any atom is 0.0824 e. The number of aliphatic hydroxyl groups is 1. The van der Waals surface area contributed by atoms with Gasteiger partial charge in [-0.2, -0.15) is 0 Å². The molecule has 1 aromatic heterocycles. The molecule has 0 radical (unpaired) electrons. The molecule has 1 fully saturated rings. The molecule has 1 aromatic carbocycles. The van der Waals surface area contributed by atoms with Crippen molar-refractivity contribution in [1.29, 1.82) is 0 Å². The highest BCUT2D eigenvalue weighted by Gasteiger charge is 2.29. The lowest BCUT2D eigenvalue weighted by atomic mass is 9.74. The van der Waals surface area contributed by atoms with Gasteiger partial charge in [-0.25, -0.2) is 0 Å². The Labute approximate surface area is 127 Å². The van der Waals surface area contributed by atoms with Gasteiger partial charge in [-0.15, -0.1) is 0 Å². The normalized spacial score (nSPS) is 24.4. The summed E-state index contributed by atoms with van der Waals surface area (Å²) < 4.78 is 0. The van der Waals surface area contributed by atoms with Crippen molar-refractivity contribution in [2.24, 2.45) is 17.8 Å². The van der Waals surface area contributed by atoms with Gasteiger partial charge in [0.2, 0.25) is 0 Å². The van der Waals surface area contributed by atoms with Gasteiger partial charge in [-0.3, -0.25) is 4.98 Å². The van der Waals surface area contributed by atoms with Gasteiger partial charge in [0.25, 0.3) is 0 Å². The second-order valence-corrected chi connectivity index (χ2v) is 6.78. The summed E-state index contributed by atoms with van der Waals surface area (Å²) in [7, 11) is 0. The Bertz CT molecular complexity index is 594. The van der Waals surface area contributed by atoms with Crippen molar-refractivity contribution in [2.75, 3.05) is 0 Å². The van der Waals surface area contributed by atoms with Crippen LogP contribution >= 0.6 is 0 Å². The zero-order valence-electron chi connectivity index (χ0n) is 13.0. The predicted molar refractivity (Wildman–Crippen MR) is 87.0 cm³/mol. The molecule has 0 bridgehead atoms. The molecule has 1 aliphatic rings. The fourth-order valence-corrected chi connectivity index (χ4v) is 3.77. The van der Waals surface area contributed by atoms with E-state index in [2.05, 4.69) is 31.0 Å². The van der Waals surface area contributed by atoms with Crippen molar-refractivity contribution in [3.63, 3.8) is 0 Å². The van der Waals surface area contributed by atoms with Crippen molar-refractivity contribution < 1.29 is 5.11 Å². The van der Waals surface area contributed by atoms with Crippen LogP contribution in [0.5, 0.6) is 0 Å². The van der Waals surface area contributed by atoms with E-state index in [1.54, 1.807) is 0 Å². The van der Waals surface area contributed by atoms with E-state index >= 15 is 0 Å². The van der Waals surface area contributed by atoms with Gasteiger partial charge in [0.15, 0.2) is 0 Å². The van der Waals surface area contributed by atoms with E-state index in [4.69, 9.17) is 0 Å². The summed E-state index contributed by atoms with van der Waals surface area (Å²) in [5.41, 5.74) is 2.03. The van der Waals surface area contributed by atoms with Gasteiger partial charge < -0.3 is 5.11 Å². The van der Waals surface area contributed by atoms with E-state index in [0.717, 1.165) is 41.1 Å². The molecule has 0 spiro atoms. The molecule has 0 saturated heterocycles. The van der Waals surface area contributed by atoms with Gasteiger partial charge in [0, 0.05) is 11.6 Å². The van der Waals surface area contributed by atoms with E-state index in [1.807, 2.05) is 24.4 Å². The molecule has 1 heterocycles. The monoisotopic (exact) mass is 283 g/mol. The van der Waals surface area contributed by atoms with Crippen LogP contribution < -0.4 is 0 Å². The Balaban J connectivity index is 1.80. The first kappa shape index (κ1) is 14.5. The number of aromatic nitrogens is 1. The lowest BCUT2D eigenvalue weighted by molar-refractivity contribution is 0.0678. The highest BCUT2D eigenvalue weighted by Crippen LogP contribution is 2.40. The van der Waals surface area contributed by atoms with Crippen molar-refractivity contribution >= 4 is 10.9 Å². The summed E-state index contributed by atoms with van der Waals surface area (Å²) in [6.07, 6.45) is 6.24. The number of fused-ring (bicyclic) bond motifs is 1. The fourth-order valence-electron chi connectivity index (χ4n) is 3.77. The molecule has 0 aliphatic heterocycles. The van der Waals surface area contributed by atoms with Crippen LogP contribution in [-0.2, 0) is 0 Å². The summed E-state index contributed by atoms with van der Waals surface area (Å²) in [6.45, 7) is 4.63. The summed E-state index contributed by atoms with van der Waals surface area (Å²) in [6, 6.07) is 10.1. The molecule has 2 aromatic rings. The zero-order valence-corrected chi connectivity index (χ0v) is 13.0. The summed E-state index contributed by atoms with van der Waals surface area (Å²) in [5, 5.41) is 11.9. The lowest BCUT2D eigenvalue weighted by Gasteiger charge is -2.33. The minimum absolute atomic E-state index is 0.356. The summed E-state index contributed by atoms with van der Waals surface area (Å²) in [4.78, 5) is 4.39. The molecular weight excluding hydrogens is 258 g/mol. The van der Waals surface area contributed by atoms with Crippen molar-refractivity contribution in [2.45, 2.75) is 45.6 Å². The van der Waals surface area contributed by atoms with Crippen molar-refractivity contribution in [3.8, 4) is 0 Å². The highest BCUT2D eigenvalue weighted by molar-refractivity contribution is 5.82. The van der Waals surface area contributed by atoms with E-state index < -0.39 is 0 Å². The van der Waals surface area contributed by atoms with Crippen LogP contribution in [0.3, 0.4) is 0 Å². The van der Waals surface area contributed by atoms with Crippen LogP contribution in [0.2, 0.25) is 0 Å². The molecule has 1 unspecified atom stereocenters. The molecule has 1 atom stereocenters. The lowest BCUT2D eigenvalue weighted by Crippen LogP contribution is -2.23. The molecule has 1 saturated carbocycles. The molecule has 0 amide bonds. The molecule has 2 heteroatoms. The Kier molecular flexibility index (Phi) is 4.25. The number of pyridine rings is 1. The first-order valence-corrected chi connectivity index (χ1v) is 8.18. The Morgan fingerprint density at radius 2 is 1.71 bits per heavy atom.